The molecule has 0 spiro atoms. The molecule has 2 rings (SSSR count). The normalized spacial score (nSPS) is 21.0. The highest BCUT2D eigenvalue weighted by Crippen LogP contribution is 2.33. The number of nitro benzene ring substituents is 1. The van der Waals surface area contributed by atoms with Gasteiger partial charge in [-0.25, -0.2) is 0 Å². The molecule has 1 heterocycles. The van der Waals surface area contributed by atoms with E-state index >= 15 is 0 Å². The predicted octanol–water partition coefficient (Wildman–Crippen LogP) is 2.74. The lowest BCUT2D eigenvalue weighted by Gasteiger charge is -2.41. The molecule has 0 bridgehead atoms. The van der Waals surface area contributed by atoms with Crippen LogP contribution in [0.25, 0.3) is 0 Å². The van der Waals surface area contributed by atoms with Gasteiger partial charge in [0.05, 0.1) is 17.1 Å². The van der Waals surface area contributed by atoms with Gasteiger partial charge in [-0.3, -0.25) is 14.9 Å². The van der Waals surface area contributed by atoms with Crippen molar-refractivity contribution in [2.24, 2.45) is 0 Å². The Bertz CT molecular complexity index is 632. The van der Waals surface area contributed by atoms with Crippen LogP contribution >= 0.6 is 0 Å². The van der Waals surface area contributed by atoms with Crippen molar-refractivity contribution in [2.45, 2.75) is 45.8 Å². The third kappa shape index (κ3) is 4.03. The Morgan fingerprint density at radius 2 is 2.21 bits per heavy atom. The number of benzene rings is 1. The standard InChI is InChI=1S/C17H25N3O4/c1-5-17(4)11-19(8-9-24-17)14-7-6-13(10-15(14)20(22)23)16(21)18-12(2)3/h6-7,10,12H,5,8-9,11H2,1-4H3,(H,18,21). The molecule has 7 heteroatoms. The van der Waals surface area contributed by atoms with Gasteiger partial charge in [-0.2, -0.15) is 0 Å². The van der Waals surface area contributed by atoms with Crippen molar-refractivity contribution >= 4 is 17.3 Å². The molecule has 1 aromatic rings. The topological polar surface area (TPSA) is 84.7 Å². The predicted molar refractivity (Wildman–Crippen MR) is 92.6 cm³/mol. The molecule has 1 amide bonds. The van der Waals surface area contributed by atoms with Gasteiger partial charge in [0.15, 0.2) is 0 Å². The molecule has 1 aromatic carbocycles. The van der Waals surface area contributed by atoms with E-state index in [0.29, 0.717) is 30.9 Å². The molecular weight excluding hydrogens is 310 g/mol. The summed E-state index contributed by atoms with van der Waals surface area (Å²) >= 11 is 0. The Kier molecular flexibility index (Phi) is 5.43. The Morgan fingerprint density at radius 3 is 2.79 bits per heavy atom. The van der Waals surface area contributed by atoms with Crippen LogP contribution in [0.3, 0.4) is 0 Å². The number of nitrogens with zero attached hydrogens (tertiary/aromatic N) is 2. The fraction of sp³-hybridized carbons (Fsp3) is 0.588. The molecule has 1 unspecified atom stereocenters. The third-order valence-electron chi connectivity index (χ3n) is 4.28. The minimum atomic E-state index is -0.430. The van der Waals surface area contributed by atoms with Crippen LogP contribution < -0.4 is 10.2 Å². The van der Waals surface area contributed by atoms with Crippen LogP contribution in [0.5, 0.6) is 0 Å². The fourth-order valence-electron chi connectivity index (χ4n) is 2.77. The number of nitrogens with one attached hydrogen (secondary N) is 1. The monoisotopic (exact) mass is 335 g/mol. The SMILES string of the molecule is CCC1(C)CN(c2ccc(C(=O)NC(C)C)cc2[N+](=O)[O-])CCO1. The summed E-state index contributed by atoms with van der Waals surface area (Å²) in [6.07, 6.45) is 0.826. The summed E-state index contributed by atoms with van der Waals surface area (Å²) in [5.74, 6) is -0.306. The minimum absolute atomic E-state index is 0.0271. The number of hydrogen-bond acceptors (Lipinski definition) is 5. The average Bonchev–Trinajstić information content (AvgIpc) is 2.53. The molecule has 132 valence electrons. The van der Waals surface area contributed by atoms with Crippen molar-refractivity contribution in [1.82, 2.24) is 5.32 Å². The van der Waals surface area contributed by atoms with Crippen molar-refractivity contribution in [3.63, 3.8) is 0 Å². The zero-order valence-corrected chi connectivity index (χ0v) is 14.7. The van der Waals surface area contributed by atoms with Crippen LogP contribution in [-0.2, 0) is 4.74 Å². The van der Waals surface area contributed by atoms with Crippen LogP contribution in [0.1, 0.15) is 44.5 Å². The summed E-state index contributed by atoms with van der Waals surface area (Å²) in [5.41, 5.74) is 0.460. The van der Waals surface area contributed by atoms with E-state index in [9.17, 15) is 14.9 Å². The van der Waals surface area contributed by atoms with Crippen LogP contribution in [0, 0.1) is 10.1 Å². The first-order chi connectivity index (χ1) is 11.3. The maximum atomic E-state index is 12.1. The molecule has 0 radical (unpaired) electrons. The lowest BCUT2D eigenvalue weighted by atomic mass is 10.00. The molecular formula is C17H25N3O4. The second kappa shape index (κ2) is 7.17. The Hall–Kier alpha value is -2.15. The number of morpholine rings is 1. The second-order valence-corrected chi connectivity index (χ2v) is 6.66. The van der Waals surface area contributed by atoms with Crippen LogP contribution in [0.4, 0.5) is 11.4 Å². The van der Waals surface area contributed by atoms with E-state index < -0.39 is 4.92 Å². The average molecular weight is 335 g/mol. The van der Waals surface area contributed by atoms with E-state index in [1.807, 2.05) is 32.6 Å². The Labute approximate surface area is 142 Å². The maximum absolute atomic E-state index is 12.1. The molecule has 1 saturated heterocycles. The first-order valence-electron chi connectivity index (χ1n) is 8.24. The van der Waals surface area contributed by atoms with Crippen molar-refractivity contribution in [2.75, 3.05) is 24.6 Å². The first-order valence-corrected chi connectivity index (χ1v) is 8.24. The van der Waals surface area contributed by atoms with Gasteiger partial charge in [0, 0.05) is 30.8 Å². The van der Waals surface area contributed by atoms with Crippen molar-refractivity contribution < 1.29 is 14.5 Å². The molecule has 24 heavy (non-hydrogen) atoms. The third-order valence-corrected chi connectivity index (χ3v) is 4.28. The highest BCUT2D eigenvalue weighted by atomic mass is 16.6. The molecule has 0 saturated carbocycles. The fourth-order valence-corrected chi connectivity index (χ4v) is 2.77. The molecule has 1 aliphatic heterocycles. The van der Waals surface area contributed by atoms with E-state index in [1.54, 1.807) is 12.1 Å². The number of nitro groups is 1. The maximum Gasteiger partial charge on any atom is 0.293 e. The molecule has 0 aromatic heterocycles. The van der Waals surface area contributed by atoms with Gasteiger partial charge in [0.1, 0.15) is 5.69 Å². The number of hydrogen-bond donors (Lipinski definition) is 1. The minimum Gasteiger partial charge on any atom is -0.372 e. The van der Waals surface area contributed by atoms with Gasteiger partial charge in [-0.05, 0) is 39.3 Å². The summed E-state index contributed by atoms with van der Waals surface area (Å²) in [6, 6.07) is 4.63. The zero-order valence-electron chi connectivity index (χ0n) is 14.7. The summed E-state index contributed by atoms with van der Waals surface area (Å²) in [7, 11) is 0. The number of anilines is 1. The molecule has 1 fully saturated rings. The van der Waals surface area contributed by atoms with Gasteiger partial charge in [0.2, 0.25) is 0 Å². The van der Waals surface area contributed by atoms with Crippen LogP contribution in [0.2, 0.25) is 0 Å². The van der Waals surface area contributed by atoms with Crippen molar-refractivity contribution in [3.05, 3.63) is 33.9 Å². The van der Waals surface area contributed by atoms with Gasteiger partial charge in [-0.15, -0.1) is 0 Å². The summed E-state index contributed by atoms with van der Waals surface area (Å²) in [5, 5.41) is 14.3. The Balaban J connectivity index is 2.33. The first kappa shape index (κ1) is 18.2. The molecule has 0 aliphatic carbocycles. The largest absolute Gasteiger partial charge is 0.372 e. The van der Waals surface area contributed by atoms with Gasteiger partial charge in [0.25, 0.3) is 11.6 Å². The van der Waals surface area contributed by atoms with E-state index in [2.05, 4.69) is 5.32 Å². The number of amides is 1. The molecule has 1 aliphatic rings. The van der Waals surface area contributed by atoms with E-state index in [-0.39, 0.29) is 23.2 Å². The number of ether oxygens (including phenoxy) is 1. The van der Waals surface area contributed by atoms with E-state index in [4.69, 9.17) is 4.74 Å². The van der Waals surface area contributed by atoms with E-state index in [1.165, 1.54) is 6.07 Å². The summed E-state index contributed by atoms with van der Waals surface area (Å²) in [4.78, 5) is 25.1. The molecule has 1 atom stereocenters. The van der Waals surface area contributed by atoms with Gasteiger partial charge >= 0.3 is 0 Å². The smallest absolute Gasteiger partial charge is 0.293 e. The number of rotatable bonds is 5. The number of carbonyl (C=O) groups is 1. The number of carbonyl (C=O) groups excluding carboxylic acids is 1. The van der Waals surface area contributed by atoms with Crippen LogP contribution in [0.15, 0.2) is 18.2 Å². The lowest BCUT2D eigenvalue weighted by Crippen LogP contribution is -2.50. The van der Waals surface area contributed by atoms with Gasteiger partial charge < -0.3 is 15.0 Å². The highest BCUT2D eigenvalue weighted by molar-refractivity contribution is 5.96. The summed E-state index contributed by atoms with van der Waals surface area (Å²) in [6.45, 7) is 9.44. The lowest BCUT2D eigenvalue weighted by molar-refractivity contribution is -0.384. The van der Waals surface area contributed by atoms with Crippen molar-refractivity contribution in [3.8, 4) is 0 Å². The molecule has 7 nitrogen and oxygen atoms in total. The van der Waals surface area contributed by atoms with Gasteiger partial charge in [-0.1, -0.05) is 6.92 Å². The Morgan fingerprint density at radius 1 is 1.50 bits per heavy atom. The van der Waals surface area contributed by atoms with E-state index in [0.717, 1.165) is 6.42 Å². The molecule has 1 N–H and O–H groups in total. The zero-order chi connectivity index (χ0) is 17.9. The van der Waals surface area contributed by atoms with Crippen LogP contribution in [-0.4, -0.2) is 42.2 Å². The van der Waals surface area contributed by atoms with Crippen molar-refractivity contribution in [1.29, 1.82) is 0 Å². The summed E-state index contributed by atoms with van der Waals surface area (Å²) < 4.78 is 5.80. The highest BCUT2D eigenvalue weighted by Gasteiger charge is 2.33. The quantitative estimate of drug-likeness (QED) is 0.660. The second-order valence-electron chi connectivity index (χ2n) is 6.66.